The van der Waals surface area contributed by atoms with Gasteiger partial charge in [-0.3, -0.25) is 9.59 Å². The summed E-state index contributed by atoms with van der Waals surface area (Å²) in [6.07, 6.45) is 0.444. The summed E-state index contributed by atoms with van der Waals surface area (Å²) in [5.74, 6) is 0.917. The quantitative estimate of drug-likeness (QED) is 0.870. The van der Waals surface area contributed by atoms with E-state index in [9.17, 15) is 9.59 Å². The average molecular weight is 333 g/mol. The highest BCUT2D eigenvalue weighted by Crippen LogP contribution is 2.26. The van der Waals surface area contributed by atoms with E-state index in [2.05, 4.69) is 15.8 Å². The predicted molar refractivity (Wildman–Crippen MR) is 95.7 cm³/mol. The summed E-state index contributed by atoms with van der Waals surface area (Å²) >= 11 is 1.62. The van der Waals surface area contributed by atoms with Crippen molar-refractivity contribution in [3.63, 3.8) is 0 Å². The van der Waals surface area contributed by atoms with Crippen LogP contribution in [0.25, 0.3) is 0 Å². The molecule has 5 nitrogen and oxygen atoms in total. The van der Waals surface area contributed by atoms with Crippen LogP contribution >= 0.6 is 11.8 Å². The Balaban J connectivity index is 2.08. The summed E-state index contributed by atoms with van der Waals surface area (Å²) < 4.78 is -0.459. The fraction of sp³-hybridized carbons (Fsp3) is 0.471. The molecule has 1 aromatic carbocycles. The molecule has 2 N–H and O–H groups in total. The minimum Gasteiger partial charge on any atom is -0.325 e. The van der Waals surface area contributed by atoms with Crippen LogP contribution in [-0.2, 0) is 9.59 Å². The number of rotatable bonds is 5. The lowest BCUT2D eigenvalue weighted by Gasteiger charge is -2.22. The van der Waals surface area contributed by atoms with E-state index in [0.717, 1.165) is 22.7 Å². The lowest BCUT2D eigenvalue weighted by molar-refractivity contribution is -0.122. The Morgan fingerprint density at radius 1 is 1.39 bits per heavy atom. The number of carbonyl (C=O) groups is 2. The number of hydrogen-bond donors (Lipinski definition) is 2. The first-order valence-corrected chi connectivity index (χ1v) is 8.74. The highest BCUT2D eigenvalue weighted by atomic mass is 32.2. The number of nitrogens with one attached hydrogen (secondary N) is 2. The Labute approximate surface area is 141 Å². The van der Waals surface area contributed by atoms with E-state index in [1.807, 2.05) is 52.0 Å². The molecule has 0 fully saturated rings. The maximum Gasteiger partial charge on any atom is 0.240 e. The molecule has 23 heavy (non-hydrogen) atoms. The van der Waals surface area contributed by atoms with E-state index in [4.69, 9.17) is 0 Å². The van der Waals surface area contributed by atoms with E-state index in [1.165, 1.54) is 0 Å². The molecule has 2 rings (SSSR count). The summed E-state index contributed by atoms with van der Waals surface area (Å²) in [5, 5.41) is 7.09. The first-order valence-electron chi connectivity index (χ1n) is 7.75. The molecule has 1 aliphatic heterocycles. The Hall–Kier alpha value is -1.82. The minimum absolute atomic E-state index is 0.00672. The van der Waals surface area contributed by atoms with Gasteiger partial charge in [-0.25, -0.2) is 5.43 Å². The van der Waals surface area contributed by atoms with Crippen LogP contribution in [0.5, 0.6) is 0 Å². The topological polar surface area (TPSA) is 70.6 Å². The first kappa shape index (κ1) is 17.5. The van der Waals surface area contributed by atoms with Crippen molar-refractivity contribution < 1.29 is 9.59 Å². The zero-order valence-electron chi connectivity index (χ0n) is 14.0. The Morgan fingerprint density at radius 3 is 2.61 bits per heavy atom. The second-order valence-corrected chi connectivity index (χ2v) is 8.00. The molecule has 1 unspecified atom stereocenters. The molecule has 124 valence electrons. The van der Waals surface area contributed by atoms with E-state index >= 15 is 0 Å². The van der Waals surface area contributed by atoms with E-state index in [-0.39, 0.29) is 17.7 Å². The van der Waals surface area contributed by atoms with E-state index in [1.54, 1.807) is 11.8 Å². The van der Waals surface area contributed by atoms with Crippen molar-refractivity contribution in [2.24, 2.45) is 11.0 Å². The van der Waals surface area contributed by atoms with Crippen LogP contribution in [0.4, 0.5) is 5.69 Å². The zero-order chi connectivity index (χ0) is 17.0. The fourth-order valence-electron chi connectivity index (χ4n) is 2.43. The maximum absolute atomic E-state index is 12.3. The molecule has 6 heteroatoms. The molecular weight excluding hydrogens is 310 g/mol. The Bertz CT molecular complexity index is 623. The molecule has 1 atom stereocenters. The van der Waals surface area contributed by atoms with Crippen molar-refractivity contribution >= 4 is 35.0 Å². The molecule has 1 aliphatic rings. The highest BCUT2D eigenvalue weighted by Gasteiger charge is 2.27. The smallest absolute Gasteiger partial charge is 0.240 e. The molecule has 2 amide bonds. The molecule has 0 aliphatic carbocycles. The van der Waals surface area contributed by atoms with Crippen LogP contribution in [0.3, 0.4) is 0 Å². The standard InChI is InChI=1S/C17H23N3O2S/c1-5-23-17(3,4)16(22)18-13-8-6-12(7-9-13)15-11(2)10-14(21)19-20-15/h6-9,11H,5,10H2,1-4H3,(H,18,22)(H,19,21). The summed E-state index contributed by atoms with van der Waals surface area (Å²) in [6.45, 7) is 7.87. The Morgan fingerprint density at radius 2 is 2.04 bits per heavy atom. The molecule has 1 heterocycles. The van der Waals surface area contributed by atoms with Gasteiger partial charge in [0.2, 0.25) is 11.8 Å². The molecule has 0 aromatic heterocycles. The second-order valence-electron chi connectivity index (χ2n) is 6.11. The van der Waals surface area contributed by atoms with Gasteiger partial charge >= 0.3 is 0 Å². The normalized spacial score (nSPS) is 18.2. The van der Waals surface area contributed by atoms with E-state index in [0.29, 0.717) is 6.42 Å². The number of benzene rings is 1. The van der Waals surface area contributed by atoms with Gasteiger partial charge in [-0.15, -0.1) is 11.8 Å². The second kappa shape index (κ2) is 7.17. The molecule has 0 spiro atoms. The van der Waals surface area contributed by atoms with Gasteiger partial charge < -0.3 is 5.32 Å². The van der Waals surface area contributed by atoms with Crippen LogP contribution in [-0.4, -0.2) is 28.0 Å². The third-order valence-electron chi connectivity index (χ3n) is 3.75. The number of thioether (sulfide) groups is 1. The average Bonchev–Trinajstić information content (AvgIpc) is 2.48. The summed E-state index contributed by atoms with van der Waals surface area (Å²) in [4.78, 5) is 23.6. The predicted octanol–water partition coefficient (Wildman–Crippen LogP) is 3.02. The van der Waals surface area contributed by atoms with Crippen molar-refractivity contribution in [2.45, 2.75) is 38.9 Å². The van der Waals surface area contributed by atoms with Gasteiger partial charge in [-0.2, -0.15) is 5.10 Å². The molecule has 1 aromatic rings. The van der Waals surface area contributed by atoms with Crippen molar-refractivity contribution in [1.29, 1.82) is 0 Å². The summed E-state index contributed by atoms with van der Waals surface area (Å²) in [6, 6.07) is 7.57. The summed E-state index contributed by atoms with van der Waals surface area (Å²) in [7, 11) is 0. The highest BCUT2D eigenvalue weighted by molar-refractivity contribution is 8.01. The third-order valence-corrected chi connectivity index (χ3v) is 4.95. The number of amides is 2. The minimum atomic E-state index is -0.459. The van der Waals surface area contributed by atoms with Crippen molar-refractivity contribution in [2.75, 3.05) is 11.1 Å². The molecule has 0 radical (unpaired) electrons. The largest absolute Gasteiger partial charge is 0.325 e. The number of hydrazone groups is 1. The number of anilines is 1. The summed E-state index contributed by atoms with van der Waals surface area (Å²) in [5.41, 5.74) is 5.10. The van der Waals surface area contributed by atoms with E-state index < -0.39 is 4.75 Å². The molecular formula is C17H23N3O2S. The van der Waals surface area contributed by atoms with Gasteiger partial charge in [-0.05, 0) is 37.3 Å². The van der Waals surface area contributed by atoms with Crippen LogP contribution in [0.1, 0.15) is 39.7 Å². The SMILES string of the molecule is CCSC(C)(C)C(=O)Nc1ccc(C2=NNC(=O)CC2C)cc1. The van der Waals surface area contributed by atoms with Gasteiger partial charge in [-0.1, -0.05) is 26.0 Å². The monoisotopic (exact) mass is 333 g/mol. The molecule has 0 saturated heterocycles. The van der Waals surface area contributed by atoms with Gasteiger partial charge in [0.15, 0.2) is 0 Å². The van der Waals surface area contributed by atoms with Crippen LogP contribution in [0.2, 0.25) is 0 Å². The van der Waals surface area contributed by atoms with Crippen molar-refractivity contribution in [3.8, 4) is 0 Å². The number of carbonyl (C=O) groups excluding carboxylic acids is 2. The van der Waals surface area contributed by atoms with Crippen LogP contribution in [0, 0.1) is 5.92 Å². The zero-order valence-corrected chi connectivity index (χ0v) is 14.8. The van der Waals surface area contributed by atoms with Gasteiger partial charge in [0.1, 0.15) is 0 Å². The van der Waals surface area contributed by atoms with Gasteiger partial charge in [0.25, 0.3) is 0 Å². The lowest BCUT2D eigenvalue weighted by Crippen LogP contribution is -2.34. The number of hydrogen-bond acceptors (Lipinski definition) is 4. The number of nitrogens with zero attached hydrogens (tertiary/aromatic N) is 1. The maximum atomic E-state index is 12.3. The lowest BCUT2D eigenvalue weighted by atomic mass is 9.94. The molecule has 0 bridgehead atoms. The first-order chi connectivity index (χ1) is 10.8. The van der Waals surface area contributed by atoms with Gasteiger partial charge in [0.05, 0.1) is 10.5 Å². The van der Waals surface area contributed by atoms with Crippen LogP contribution in [0.15, 0.2) is 29.4 Å². The fourth-order valence-corrected chi connectivity index (χ4v) is 3.34. The van der Waals surface area contributed by atoms with Crippen molar-refractivity contribution in [3.05, 3.63) is 29.8 Å². The Kier molecular flexibility index (Phi) is 5.46. The third kappa shape index (κ3) is 4.34. The molecule has 0 saturated carbocycles. The van der Waals surface area contributed by atoms with Crippen molar-refractivity contribution in [1.82, 2.24) is 5.43 Å². The van der Waals surface area contributed by atoms with Crippen LogP contribution < -0.4 is 10.7 Å². The van der Waals surface area contributed by atoms with Gasteiger partial charge in [0, 0.05) is 18.0 Å².